The van der Waals surface area contributed by atoms with Gasteiger partial charge in [-0.05, 0) is 42.5 Å². The highest BCUT2D eigenvalue weighted by Gasteiger charge is 2.23. The number of anilines is 2. The molecule has 0 aliphatic carbocycles. The number of aromatic nitrogens is 1. The van der Waals surface area contributed by atoms with Crippen molar-refractivity contribution in [1.82, 2.24) is 9.88 Å². The Labute approximate surface area is 182 Å². The molecule has 6 nitrogen and oxygen atoms in total. The molecule has 0 radical (unpaired) electrons. The van der Waals surface area contributed by atoms with Gasteiger partial charge in [-0.3, -0.25) is 9.59 Å². The summed E-state index contributed by atoms with van der Waals surface area (Å²) in [7, 11) is 0. The van der Waals surface area contributed by atoms with Crippen LogP contribution in [0.3, 0.4) is 0 Å². The SMILES string of the molecule is O=C(Nc1ccc(N2CCN(C(=O)c3cccc(F)c3)CC2)nc1)c1cc(F)cc(F)c1. The Morgan fingerprint density at radius 3 is 2.12 bits per heavy atom. The topological polar surface area (TPSA) is 65.5 Å². The third kappa shape index (κ3) is 4.88. The van der Waals surface area contributed by atoms with Crippen molar-refractivity contribution in [1.29, 1.82) is 0 Å². The third-order valence-electron chi connectivity index (χ3n) is 5.09. The van der Waals surface area contributed by atoms with Crippen LogP contribution in [0.25, 0.3) is 0 Å². The minimum absolute atomic E-state index is 0.134. The lowest BCUT2D eigenvalue weighted by molar-refractivity contribution is 0.0746. The first-order chi connectivity index (χ1) is 15.4. The zero-order valence-electron chi connectivity index (χ0n) is 16.9. The molecule has 9 heteroatoms. The smallest absolute Gasteiger partial charge is 0.255 e. The maximum absolute atomic E-state index is 13.4. The number of piperazine rings is 1. The number of hydrogen-bond donors (Lipinski definition) is 1. The highest BCUT2D eigenvalue weighted by atomic mass is 19.1. The Kier molecular flexibility index (Phi) is 6.07. The zero-order valence-corrected chi connectivity index (χ0v) is 16.9. The van der Waals surface area contributed by atoms with E-state index in [1.165, 1.54) is 24.4 Å². The Balaban J connectivity index is 1.35. The second-order valence-corrected chi connectivity index (χ2v) is 7.31. The first-order valence-electron chi connectivity index (χ1n) is 9.92. The first-order valence-corrected chi connectivity index (χ1v) is 9.92. The molecule has 4 rings (SSSR count). The molecule has 32 heavy (non-hydrogen) atoms. The largest absolute Gasteiger partial charge is 0.353 e. The fraction of sp³-hybridized carbons (Fsp3) is 0.174. The fourth-order valence-corrected chi connectivity index (χ4v) is 3.48. The lowest BCUT2D eigenvalue weighted by Gasteiger charge is -2.35. The maximum Gasteiger partial charge on any atom is 0.255 e. The van der Waals surface area contributed by atoms with Crippen LogP contribution in [0, 0.1) is 17.5 Å². The normalized spacial score (nSPS) is 13.7. The first kappa shape index (κ1) is 21.4. The van der Waals surface area contributed by atoms with Crippen LogP contribution >= 0.6 is 0 Å². The van der Waals surface area contributed by atoms with Crippen LogP contribution < -0.4 is 10.2 Å². The summed E-state index contributed by atoms with van der Waals surface area (Å²) in [6.07, 6.45) is 1.45. The van der Waals surface area contributed by atoms with E-state index in [0.29, 0.717) is 49.3 Å². The van der Waals surface area contributed by atoms with Crippen molar-refractivity contribution in [3.8, 4) is 0 Å². The molecule has 164 valence electrons. The number of benzene rings is 2. The Hall–Kier alpha value is -3.88. The van der Waals surface area contributed by atoms with Crippen molar-refractivity contribution in [2.75, 3.05) is 36.4 Å². The van der Waals surface area contributed by atoms with Gasteiger partial charge in [0.25, 0.3) is 11.8 Å². The average molecular weight is 440 g/mol. The Bertz CT molecular complexity index is 1130. The third-order valence-corrected chi connectivity index (χ3v) is 5.09. The Morgan fingerprint density at radius 1 is 0.812 bits per heavy atom. The van der Waals surface area contributed by atoms with E-state index in [1.807, 2.05) is 4.90 Å². The van der Waals surface area contributed by atoms with Gasteiger partial charge in [0.1, 0.15) is 23.3 Å². The highest BCUT2D eigenvalue weighted by molar-refractivity contribution is 6.04. The number of halogens is 3. The monoisotopic (exact) mass is 440 g/mol. The molecule has 0 spiro atoms. The van der Waals surface area contributed by atoms with Crippen LogP contribution in [0.15, 0.2) is 60.8 Å². The quantitative estimate of drug-likeness (QED) is 0.672. The van der Waals surface area contributed by atoms with Crippen molar-refractivity contribution in [2.24, 2.45) is 0 Å². The highest BCUT2D eigenvalue weighted by Crippen LogP contribution is 2.18. The molecule has 0 bridgehead atoms. The van der Waals surface area contributed by atoms with Crippen LogP contribution in [0.5, 0.6) is 0 Å². The molecule has 2 heterocycles. The number of hydrogen-bond acceptors (Lipinski definition) is 4. The van der Waals surface area contributed by atoms with E-state index in [2.05, 4.69) is 10.3 Å². The minimum atomic E-state index is -0.835. The van der Waals surface area contributed by atoms with E-state index in [4.69, 9.17) is 0 Å². The van der Waals surface area contributed by atoms with Gasteiger partial charge in [-0.25, -0.2) is 18.2 Å². The molecule has 2 aromatic carbocycles. The van der Waals surface area contributed by atoms with Crippen molar-refractivity contribution in [3.63, 3.8) is 0 Å². The van der Waals surface area contributed by atoms with Crippen LogP contribution in [0.4, 0.5) is 24.7 Å². The molecule has 0 unspecified atom stereocenters. The van der Waals surface area contributed by atoms with Crippen molar-refractivity contribution in [2.45, 2.75) is 0 Å². The average Bonchev–Trinajstić information content (AvgIpc) is 2.78. The number of carbonyl (C=O) groups excluding carboxylic acids is 2. The lowest BCUT2D eigenvalue weighted by atomic mass is 10.1. The van der Waals surface area contributed by atoms with E-state index in [0.717, 1.165) is 12.1 Å². The summed E-state index contributed by atoms with van der Waals surface area (Å²) in [6.45, 7) is 2.01. The van der Waals surface area contributed by atoms with Crippen LogP contribution in [-0.2, 0) is 0 Å². The van der Waals surface area contributed by atoms with Crippen LogP contribution in [0.1, 0.15) is 20.7 Å². The predicted octanol–water partition coefficient (Wildman–Crippen LogP) is 3.71. The van der Waals surface area contributed by atoms with Crippen molar-refractivity contribution >= 4 is 23.3 Å². The molecular weight excluding hydrogens is 421 g/mol. The molecule has 1 N–H and O–H groups in total. The molecular formula is C23H19F3N4O2. The molecule has 1 aliphatic heterocycles. The maximum atomic E-state index is 13.4. The molecule has 2 amide bonds. The lowest BCUT2D eigenvalue weighted by Crippen LogP contribution is -2.49. The van der Waals surface area contributed by atoms with Gasteiger partial charge in [0.15, 0.2) is 0 Å². The van der Waals surface area contributed by atoms with Gasteiger partial charge in [0.2, 0.25) is 0 Å². The van der Waals surface area contributed by atoms with Gasteiger partial charge in [0, 0.05) is 43.4 Å². The summed E-state index contributed by atoms with van der Waals surface area (Å²) in [4.78, 5) is 32.7. The van der Waals surface area contributed by atoms with Crippen molar-refractivity contribution in [3.05, 3.63) is 89.4 Å². The summed E-state index contributed by atoms with van der Waals surface area (Å²) < 4.78 is 40.0. The van der Waals surface area contributed by atoms with Gasteiger partial charge in [-0.1, -0.05) is 6.07 Å². The summed E-state index contributed by atoms with van der Waals surface area (Å²) in [5.74, 6) is -2.32. The predicted molar refractivity (Wildman–Crippen MR) is 113 cm³/mol. The molecule has 1 saturated heterocycles. The van der Waals surface area contributed by atoms with Gasteiger partial charge >= 0.3 is 0 Å². The minimum Gasteiger partial charge on any atom is -0.353 e. The molecule has 1 aromatic heterocycles. The van der Waals surface area contributed by atoms with Crippen LogP contribution in [0.2, 0.25) is 0 Å². The second kappa shape index (κ2) is 9.09. The van der Waals surface area contributed by atoms with E-state index in [-0.39, 0.29) is 11.5 Å². The summed E-state index contributed by atoms with van der Waals surface area (Å²) in [5.41, 5.74) is 0.559. The van der Waals surface area contributed by atoms with E-state index in [9.17, 15) is 22.8 Å². The molecule has 0 atom stereocenters. The summed E-state index contributed by atoms with van der Waals surface area (Å²) >= 11 is 0. The van der Waals surface area contributed by atoms with E-state index < -0.39 is 23.4 Å². The van der Waals surface area contributed by atoms with Gasteiger partial charge in [-0.2, -0.15) is 0 Å². The standard InChI is InChI=1S/C23H19F3N4O2/c24-17-3-1-2-15(10-17)23(32)30-8-6-29(7-9-30)21-5-4-20(14-27-21)28-22(31)16-11-18(25)13-19(26)12-16/h1-5,10-14H,6-9H2,(H,28,31). The number of rotatable bonds is 4. The summed E-state index contributed by atoms with van der Waals surface area (Å²) in [5, 5.41) is 2.55. The van der Waals surface area contributed by atoms with Crippen molar-refractivity contribution < 1.29 is 22.8 Å². The number of nitrogens with one attached hydrogen (secondary N) is 1. The van der Waals surface area contributed by atoms with Gasteiger partial charge in [-0.15, -0.1) is 0 Å². The van der Waals surface area contributed by atoms with Gasteiger partial charge in [0.05, 0.1) is 11.9 Å². The van der Waals surface area contributed by atoms with E-state index >= 15 is 0 Å². The number of carbonyl (C=O) groups is 2. The number of nitrogens with zero attached hydrogens (tertiary/aromatic N) is 3. The molecule has 1 aliphatic rings. The molecule has 1 fully saturated rings. The number of pyridine rings is 1. The van der Waals surface area contributed by atoms with Gasteiger partial charge < -0.3 is 15.1 Å². The molecule has 3 aromatic rings. The summed E-state index contributed by atoms with van der Waals surface area (Å²) in [6, 6.07) is 11.6. The number of amides is 2. The molecule has 0 saturated carbocycles. The zero-order chi connectivity index (χ0) is 22.7. The van der Waals surface area contributed by atoms with Crippen LogP contribution in [-0.4, -0.2) is 47.9 Å². The fourth-order valence-electron chi connectivity index (χ4n) is 3.48. The second-order valence-electron chi connectivity index (χ2n) is 7.31. The van der Waals surface area contributed by atoms with E-state index in [1.54, 1.807) is 23.1 Å². The Morgan fingerprint density at radius 2 is 1.50 bits per heavy atom.